The average Bonchev–Trinajstić information content (AvgIpc) is 2.76. The van der Waals surface area contributed by atoms with E-state index in [2.05, 4.69) is 19.9 Å². The molecule has 21 heavy (non-hydrogen) atoms. The minimum Gasteiger partial charge on any atom is -0.327 e. The Kier molecular flexibility index (Phi) is 2.96. The number of allylic oxidation sites excluding steroid dienone is 1. The Hall–Kier alpha value is -0.630. The minimum absolute atomic E-state index is 0.00788. The molecule has 3 saturated carbocycles. The van der Waals surface area contributed by atoms with Crippen LogP contribution in [0.25, 0.3) is 0 Å². The van der Waals surface area contributed by atoms with Gasteiger partial charge in [-0.15, -0.1) is 0 Å². The van der Waals surface area contributed by atoms with Gasteiger partial charge in [-0.25, -0.2) is 0 Å². The molecule has 0 bridgehead atoms. The second-order valence-corrected chi connectivity index (χ2v) is 8.68. The lowest BCUT2D eigenvalue weighted by Gasteiger charge is -2.56. The molecule has 0 aromatic heterocycles. The molecule has 0 saturated heterocycles. The largest absolute Gasteiger partial charge is 0.327 e. The molecule has 0 radical (unpaired) electrons. The molecule has 2 N–H and O–H groups in total. The van der Waals surface area contributed by atoms with Gasteiger partial charge in [-0.2, -0.15) is 0 Å². The molecule has 2 heteroatoms. The van der Waals surface area contributed by atoms with Crippen molar-refractivity contribution in [3.8, 4) is 0 Å². The molecule has 0 aromatic rings. The Bertz CT molecular complexity index is 510. The maximum absolute atomic E-state index is 12.4. The SMILES string of the molecule is C[C@]12CCC(N)CC1=CC[C@@H]1[C@H]2CC[C@]2(C)C(=O)CC[C@@H]12. The first-order valence-electron chi connectivity index (χ1n) is 8.93. The van der Waals surface area contributed by atoms with Gasteiger partial charge >= 0.3 is 0 Å². The molecule has 3 fully saturated rings. The third-order valence-corrected chi connectivity index (χ3v) is 7.85. The highest BCUT2D eigenvalue weighted by Crippen LogP contribution is 2.63. The molecule has 1 unspecified atom stereocenters. The number of ketones is 1. The van der Waals surface area contributed by atoms with E-state index in [0.29, 0.717) is 23.2 Å². The zero-order chi connectivity index (χ0) is 14.8. The van der Waals surface area contributed by atoms with Crippen LogP contribution in [0.15, 0.2) is 11.6 Å². The van der Waals surface area contributed by atoms with Crippen LogP contribution in [0, 0.1) is 28.6 Å². The lowest BCUT2D eigenvalue weighted by atomic mass is 9.48. The van der Waals surface area contributed by atoms with Gasteiger partial charge in [0.25, 0.3) is 0 Å². The average molecular weight is 287 g/mol. The van der Waals surface area contributed by atoms with Crippen molar-refractivity contribution in [2.75, 3.05) is 0 Å². The molecule has 0 heterocycles. The summed E-state index contributed by atoms with van der Waals surface area (Å²) in [6, 6.07) is 0.378. The van der Waals surface area contributed by atoms with E-state index in [-0.39, 0.29) is 5.41 Å². The number of carbonyl (C=O) groups is 1. The number of nitrogens with two attached hydrogens (primary N) is 1. The van der Waals surface area contributed by atoms with Crippen molar-refractivity contribution in [2.45, 2.75) is 71.3 Å². The van der Waals surface area contributed by atoms with Crippen LogP contribution in [-0.4, -0.2) is 11.8 Å². The normalized spacial score (nSPS) is 52.7. The van der Waals surface area contributed by atoms with Crippen LogP contribution in [-0.2, 0) is 4.79 Å². The maximum atomic E-state index is 12.4. The van der Waals surface area contributed by atoms with Crippen molar-refractivity contribution >= 4 is 5.78 Å². The third kappa shape index (κ3) is 1.78. The fraction of sp³-hybridized carbons (Fsp3) is 0.842. The summed E-state index contributed by atoms with van der Waals surface area (Å²) in [5, 5.41) is 0. The summed E-state index contributed by atoms with van der Waals surface area (Å²) in [7, 11) is 0. The summed E-state index contributed by atoms with van der Waals surface area (Å²) < 4.78 is 0. The van der Waals surface area contributed by atoms with Crippen molar-refractivity contribution < 1.29 is 4.79 Å². The van der Waals surface area contributed by atoms with Crippen molar-refractivity contribution in [2.24, 2.45) is 34.3 Å². The summed E-state index contributed by atoms with van der Waals surface area (Å²) in [5.74, 6) is 2.75. The number of fused-ring (bicyclic) bond motifs is 5. The predicted octanol–water partition coefficient (Wildman–Crippen LogP) is 3.85. The van der Waals surface area contributed by atoms with E-state index < -0.39 is 0 Å². The van der Waals surface area contributed by atoms with Crippen molar-refractivity contribution in [1.82, 2.24) is 0 Å². The van der Waals surface area contributed by atoms with Crippen LogP contribution < -0.4 is 5.73 Å². The van der Waals surface area contributed by atoms with E-state index >= 15 is 0 Å². The highest BCUT2D eigenvalue weighted by Gasteiger charge is 2.58. The first-order chi connectivity index (χ1) is 9.95. The summed E-state index contributed by atoms with van der Waals surface area (Å²) in [5.41, 5.74) is 8.25. The van der Waals surface area contributed by atoms with Gasteiger partial charge in [0.05, 0.1) is 0 Å². The van der Waals surface area contributed by atoms with Gasteiger partial charge in [0.2, 0.25) is 0 Å². The van der Waals surface area contributed by atoms with E-state index in [4.69, 9.17) is 5.73 Å². The zero-order valence-electron chi connectivity index (χ0n) is 13.5. The molecule has 0 aliphatic heterocycles. The first-order valence-corrected chi connectivity index (χ1v) is 8.93. The highest BCUT2D eigenvalue weighted by atomic mass is 16.1. The van der Waals surface area contributed by atoms with Crippen LogP contribution >= 0.6 is 0 Å². The molecule has 0 aromatic carbocycles. The lowest BCUT2D eigenvalue weighted by Crippen LogP contribution is -2.51. The van der Waals surface area contributed by atoms with Crippen LogP contribution in [0.2, 0.25) is 0 Å². The van der Waals surface area contributed by atoms with Crippen LogP contribution in [0.1, 0.15) is 65.2 Å². The number of hydrogen-bond donors (Lipinski definition) is 1. The zero-order valence-corrected chi connectivity index (χ0v) is 13.5. The van der Waals surface area contributed by atoms with Gasteiger partial charge in [0.1, 0.15) is 5.78 Å². The third-order valence-electron chi connectivity index (χ3n) is 7.85. The Morgan fingerprint density at radius 3 is 2.62 bits per heavy atom. The molecule has 116 valence electrons. The number of rotatable bonds is 0. The molecule has 6 atom stereocenters. The molecule has 4 aliphatic carbocycles. The van der Waals surface area contributed by atoms with E-state index in [0.717, 1.165) is 37.5 Å². The van der Waals surface area contributed by atoms with Crippen molar-refractivity contribution in [3.05, 3.63) is 11.6 Å². The van der Waals surface area contributed by atoms with Crippen LogP contribution in [0.3, 0.4) is 0 Å². The predicted molar refractivity (Wildman–Crippen MR) is 84.7 cm³/mol. The summed E-state index contributed by atoms with van der Waals surface area (Å²) in [6.45, 7) is 4.77. The van der Waals surface area contributed by atoms with E-state index in [1.807, 2.05) is 0 Å². The molecule has 0 spiro atoms. The molecule has 2 nitrogen and oxygen atoms in total. The quantitative estimate of drug-likeness (QED) is 0.688. The summed E-state index contributed by atoms with van der Waals surface area (Å²) in [6.07, 6.45) is 11.7. The van der Waals surface area contributed by atoms with Gasteiger partial charge in [-0.3, -0.25) is 4.79 Å². The van der Waals surface area contributed by atoms with E-state index in [1.165, 1.54) is 25.7 Å². The first kappa shape index (κ1) is 14.0. The molecular weight excluding hydrogens is 258 g/mol. The molecular formula is C19H29NO. The number of Topliss-reactive ketones (excluding diaryl/α,β-unsaturated/α-hetero) is 1. The topological polar surface area (TPSA) is 43.1 Å². The van der Waals surface area contributed by atoms with Crippen molar-refractivity contribution in [3.63, 3.8) is 0 Å². The number of hydrogen-bond acceptors (Lipinski definition) is 2. The fourth-order valence-electron chi connectivity index (χ4n) is 6.46. The smallest absolute Gasteiger partial charge is 0.139 e. The second kappa shape index (κ2) is 4.44. The number of carbonyl (C=O) groups excluding carboxylic acids is 1. The summed E-state index contributed by atoms with van der Waals surface area (Å²) in [4.78, 5) is 12.4. The van der Waals surface area contributed by atoms with Gasteiger partial charge < -0.3 is 5.73 Å². The Morgan fingerprint density at radius 2 is 1.81 bits per heavy atom. The Balaban J connectivity index is 1.69. The lowest BCUT2D eigenvalue weighted by molar-refractivity contribution is -0.131. The Labute approximate surface area is 128 Å². The molecule has 4 aliphatic rings. The molecule has 4 rings (SSSR count). The second-order valence-electron chi connectivity index (χ2n) is 8.68. The van der Waals surface area contributed by atoms with Gasteiger partial charge in [0, 0.05) is 17.9 Å². The standard InChI is InChI=1S/C19H29NO/c1-18-9-7-13(20)11-12(18)3-4-14-15-5-6-17(21)19(15,2)10-8-16(14)18/h3,13-16H,4-11,20H2,1-2H3/t13?,14-,15-,16+,18-,19-/m0/s1. The monoisotopic (exact) mass is 287 g/mol. The van der Waals surface area contributed by atoms with E-state index in [9.17, 15) is 4.79 Å². The highest BCUT2D eigenvalue weighted by molar-refractivity contribution is 5.87. The van der Waals surface area contributed by atoms with Gasteiger partial charge in [0.15, 0.2) is 0 Å². The molecule has 0 amide bonds. The van der Waals surface area contributed by atoms with Gasteiger partial charge in [-0.1, -0.05) is 25.5 Å². The van der Waals surface area contributed by atoms with Crippen LogP contribution in [0.4, 0.5) is 0 Å². The van der Waals surface area contributed by atoms with Crippen molar-refractivity contribution in [1.29, 1.82) is 0 Å². The van der Waals surface area contributed by atoms with E-state index in [1.54, 1.807) is 5.57 Å². The van der Waals surface area contributed by atoms with Crippen LogP contribution in [0.5, 0.6) is 0 Å². The van der Waals surface area contributed by atoms with Gasteiger partial charge in [-0.05, 0) is 68.1 Å². The summed E-state index contributed by atoms with van der Waals surface area (Å²) >= 11 is 0. The fourth-order valence-corrected chi connectivity index (χ4v) is 6.46. The maximum Gasteiger partial charge on any atom is 0.139 e. The Morgan fingerprint density at radius 1 is 1.10 bits per heavy atom. The minimum atomic E-state index is 0.00788.